The molecule has 3 heteroatoms. The smallest absolute Gasteiger partial charge is 0.119 e. The van der Waals surface area contributed by atoms with Gasteiger partial charge in [-0.05, 0) is 48.7 Å². The van der Waals surface area contributed by atoms with E-state index >= 15 is 0 Å². The minimum atomic E-state index is 0.584. The normalized spacial score (nSPS) is 10.6. The summed E-state index contributed by atoms with van der Waals surface area (Å²) in [6.45, 7) is 5.18. The average Bonchev–Trinajstić information content (AvgIpc) is 2.54. The second-order valence-corrected chi connectivity index (χ2v) is 5.34. The van der Waals surface area contributed by atoms with Gasteiger partial charge in [0.15, 0.2) is 0 Å². The lowest BCUT2D eigenvalue weighted by Gasteiger charge is -2.09. The lowest BCUT2D eigenvalue weighted by atomic mass is 10.1. The fourth-order valence-corrected chi connectivity index (χ4v) is 2.33. The molecule has 0 radical (unpaired) electrons. The lowest BCUT2D eigenvalue weighted by molar-refractivity contribution is 0.146. The van der Waals surface area contributed by atoms with Crippen molar-refractivity contribution >= 4 is 0 Å². The highest BCUT2D eigenvalue weighted by Crippen LogP contribution is 2.13. The zero-order chi connectivity index (χ0) is 15.6. The highest BCUT2D eigenvalue weighted by Gasteiger charge is 1.99. The van der Waals surface area contributed by atoms with Gasteiger partial charge in [-0.2, -0.15) is 0 Å². The van der Waals surface area contributed by atoms with Crippen molar-refractivity contribution in [1.82, 2.24) is 5.32 Å². The van der Waals surface area contributed by atoms with Crippen LogP contribution in [0.1, 0.15) is 16.7 Å². The molecule has 0 saturated carbocycles. The summed E-state index contributed by atoms with van der Waals surface area (Å²) >= 11 is 0. The van der Waals surface area contributed by atoms with E-state index in [0.717, 1.165) is 25.3 Å². The van der Waals surface area contributed by atoms with Gasteiger partial charge < -0.3 is 14.8 Å². The molecule has 3 nitrogen and oxygen atoms in total. The Hall–Kier alpha value is -1.84. The van der Waals surface area contributed by atoms with Crippen LogP contribution in [0.4, 0.5) is 0 Å². The second-order valence-electron chi connectivity index (χ2n) is 5.34. The van der Waals surface area contributed by atoms with Crippen molar-refractivity contribution in [3.05, 3.63) is 65.2 Å². The molecule has 0 aliphatic rings. The van der Waals surface area contributed by atoms with E-state index < -0.39 is 0 Å². The summed E-state index contributed by atoms with van der Waals surface area (Å²) in [6.07, 6.45) is 1.05. The molecule has 1 N–H and O–H groups in total. The molecule has 118 valence electrons. The predicted molar refractivity (Wildman–Crippen MR) is 90.4 cm³/mol. The Morgan fingerprint density at radius 1 is 1.00 bits per heavy atom. The van der Waals surface area contributed by atoms with E-state index in [-0.39, 0.29) is 0 Å². The highest BCUT2D eigenvalue weighted by atomic mass is 16.5. The van der Waals surface area contributed by atoms with E-state index in [4.69, 9.17) is 9.47 Å². The van der Waals surface area contributed by atoms with Crippen molar-refractivity contribution in [2.24, 2.45) is 0 Å². The van der Waals surface area contributed by atoms with Crippen molar-refractivity contribution in [1.29, 1.82) is 0 Å². The maximum Gasteiger partial charge on any atom is 0.119 e. The molecule has 0 saturated heterocycles. The van der Waals surface area contributed by atoms with E-state index in [9.17, 15) is 0 Å². The fourth-order valence-electron chi connectivity index (χ4n) is 2.33. The molecule has 0 fully saturated rings. The Labute approximate surface area is 133 Å². The summed E-state index contributed by atoms with van der Waals surface area (Å²) < 4.78 is 10.6. The van der Waals surface area contributed by atoms with Crippen LogP contribution in [-0.2, 0) is 17.7 Å². The number of benzene rings is 2. The van der Waals surface area contributed by atoms with Crippen LogP contribution in [0.25, 0.3) is 0 Å². The Bertz CT molecular complexity index is 569. The third-order valence-electron chi connectivity index (χ3n) is 3.62. The fraction of sp³-hybridized carbons (Fsp3) is 0.368. The molecule has 0 unspecified atom stereocenters. The van der Waals surface area contributed by atoms with Gasteiger partial charge in [-0.3, -0.25) is 0 Å². The molecule has 0 aliphatic heterocycles. The minimum Gasteiger partial charge on any atom is -0.491 e. The summed E-state index contributed by atoms with van der Waals surface area (Å²) in [7, 11) is 1.68. The van der Waals surface area contributed by atoms with Crippen molar-refractivity contribution < 1.29 is 9.47 Å². The van der Waals surface area contributed by atoms with Crippen LogP contribution in [0, 0.1) is 6.92 Å². The molecule has 22 heavy (non-hydrogen) atoms. The van der Waals surface area contributed by atoms with Crippen molar-refractivity contribution in [3.63, 3.8) is 0 Å². The van der Waals surface area contributed by atoms with E-state index in [0.29, 0.717) is 13.2 Å². The third kappa shape index (κ3) is 5.51. The summed E-state index contributed by atoms with van der Waals surface area (Å²) in [5, 5.41) is 3.49. The lowest BCUT2D eigenvalue weighted by Crippen LogP contribution is -2.17. The van der Waals surface area contributed by atoms with Crippen molar-refractivity contribution in [2.45, 2.75) is 19.9 Å². The van der Waals surface area contributed by atoms with Gasteiger partial charge in [0.2, 0.25) is 0 Å². The number of nitrogens with one attached hydrogen (secondary N) is 1. The molecule has 0 spiro atoms. The topological polar surface area (TPSA) is 30.5 Å². The summed E-state index contributed by atoms with van der Waals surface area (Å²) in [5.41, 5.74) is 4.00. The van der Waals surface area contributed by atoms with Crippen LogP contribution >= 0.6 is 0 Å². The number of hydrogen-bond acceptors (Lipinski definition) is 3. The molecule has 0 amide bonds. The van der Waals surface area contributed by atoms with Gasteiger partial charge >= 0.3 is 0 Å². The molecule has 0 atom stereocenters. The number of rotatable bonds is 9. The Balaban J connectivity index is 1.75. The Morgan fingerprint density at radius 2 is 1.86 bits per heavy atom. The molecule has 0 bridgehead atoms. The van der Waals surface area contributed by atoms with Crippen LogP contribution < -0.4 is 10.1 Å². The maximum atomic E-state index is 5.63. The van der Waals surface area contributed by atoms with Crippen LogP contribution in [0.5, 0.6) is 5.75 Å². The molecule has 0 aliphatic carbocycles. The van der Waals surface area contributed by atoms with Gasteiger partial charge in [-0.15, -0.1) is 0 Å². The molecule has 2 aromatic rings. The van der Waals surface area contributed by atoms with Crippen molar-refractivity contribution in [2.75, 3.05) is 26.9 Å². The van der Waals surface area contributed by atoms with E-state index in [2.05, 4.69) is 48.6 Å². The van der Waals surface area contributed by atoms with Crippen LogP contribution in [-0.4, -0.2) is 26.9 Å². The first kappa shape index (κ1) is 16.5. The quantitative estimate of drug-likeness (QED) is 0.720. The SMILES string of the molecule is COCCOc1cccc(CNCCc2ccccc2C)c1. The monoisotopic (exact) mass is 299 g/mol. The first-order valence-corrected chi connectivity index (χ1v) is 7.75. The Morgan fingerprint density at radius 3 is 2.68 bits per heavy atom. The predicted octanol–water partition coefficient (Wildman–Crippen LogP) is 3.35. The van der Waals surface area contributed by atoms with Gasteiger partial charge in [0, 0.05) is 13.7 Å². The summed E-state index contributed by atoms with van der Waals surface area (Å²) in [4.78, 5) is 0. The second kappa shape index (κ2) is 9.23. The minimum absolute atomic E-state index is 0.584. The van der Waals surface area contributed by atoms with Gasteiger partial charge in [0.05, 0.1) is 6.61 Å². The first-order chi connectivity index (χ1) is 10.8. The third-order valence-corrected chi connectivity index (χ3v) is 3.62. The van der Waals surface area contributed by atoms with Crippen LogP contribution in [0.3, 0.4) is 0 Å². The number of ether oxygens (including phenoxy) is 2. The van der Waals surface area contributed by atoms with Gasteiger partial charge in [0.25, 0.3) is 0 Å². The largest absolute Gasteiger partial charge is 0.491 e. The van der Waals surface area contributed by atoms with E-state index in [1.165, 1.54) is 16.7 Å². The standard InChI is InChI=1S/C19H25NO2/c1-16-6-3-4-8-18(16)10-11-20-15-17-7-5-9-19(14-17)22-13-12-21-2/h3-9,14,20H,10-13,15H2,1-2H3. The van der Waals surface area contributed by atoms with Gasteiger partial charge in [0.1, 0.15) is 12.4 Å². The van der Waals surface area contributed by atoms with Gasteiger partial charge in [-0.25, -0.2) is 0 Å². The molecule has 0 aromatic heterocycles. The highest BCUT2D eigenvalue weighted by molar-refractivity contribution is 5.28. The molecular formula is C19H25NO2. The maximum absolute atomic E-state index is 5.63. The van der Waals surface area contributed by atoms with Crippen molar-refractivity contribution in [3.8, 4) is 5.75 Å². The first-order valence-electron chi connectivity index (χ1n) is 7.75. The van der Waals surface area contributed by atoms with Crippen LogP contribution in [0.2, 0.25) is 0 Å². The Kier molecular flexibility index (Phi) is 6.94. The number of hydrogen-bond donors (Lipinski definition) is 1. The van der Waals surface area contributed by atoms with Crippen LogP contribution in [0.15, 0.2) is 48.5 Å². The molecular weight excluding hydrogens is 274 g/mol. The van der Waals surface area contributed by atoms with Gasteiger partial charge in [-0.1, -0.05) is 36.4 Å². The average molecular weight is 299 g/mol. The van der Waals surface area contributed by atoms with E-state index in [1.54, 1.807) is 7.11 Å². The summed E-state index contributed by atoms with van der Waals surface area (Å²) in [6, 6.07) is 16.7. The molecule has 0 heterocycles. The zero-order valence-corrected chi connectivity index (χ0v) is 13.5. The molecule has 2 rings (SSSR count). The number of methoxy groups -OCH3 is 1. The van der Waals surface area contributed by atoms with E-state index in [1.807, 2.05) is 12.1 Å². The molecule has 2 aromatic carbocycles. The number of aryl methyl sites for hydroxylation is 1. The zero-order valence-electron chi connectivity index (χ0n) is 13.5. The summed E-state index contributed by atoms with van der Waals surface area (Å²) in [5.74, 6) is 0.898.